The summed E-state index contributed by atoms with van der Waals surface area (Å²) >= 11 is 0. The average Bonchev–Trinajstić information content (AvgIpc) is 2.45. The van der Waals surface area contributed by atoms with E-state index in [1.165, 1.54) is 0 Å². The van der Waals surface area contributed by atoms with Crippen molar-refractivity contribution in [1.82, 2.24) is 5.32 Å². The van der Waals surface area contributed by atoms with Gasteiger partial charge in [-0.25, -0.2) is 0 Å². The number of carbonyl (C=O) groups is 2. The minimum absolute atomic E-state index is 0.152. The van der Waals surface area contributed by atoms with E-state index in [4.69, 9.17) is 5.73 Å². The van der Waals surface area contributed by atoms with Crippen LogP contribution in [-0.4, -0.2) is 25.9 Å². The number of carbonyl (C=O) groups excluding carboxylic acids is 2. The fourth-order valence-electron chi connectivity index (χ4n) is 1.81. The second kappa shape index (κ2) is 8.16. The molecule has 130 valence electrons. The van der Waals surface area contributed by atoms with Crippen LogP contribution in [0.3, 0.4) is 0 Å². The van der Waals surface area contributed by atoms with Gasteiger partial charge in [0.2, 0.25) is 11.8 Å². The summed E-state index contributed by atoms with van der Waals surface area (Å²) in [6, 6.07) is 8.63. The predicted molar refractivity (Wildman–Crippen MR) is 101 cm³/mol. The Labute approximate surface area is 146 Å². The summed E-state index contributed by atoms with van der Waals surface area (Å²) in [5, 5.41) is 2.84. The van der Waals surface area contributed by atoms with Gasteiger partial charge < -0.3 is 11.1 Å². The third-order valence-corrected chi connectivity index (χ3v) is 9.02. The first-order valence-electron chi connectivity index (χ1n) is 8.15. The van der Waals surface area contributed by atoms with Gasteiger partial charge in [-0.05, 0) is 10.6 Å². The highest BCUT2D eigenvalue weighted by Gasteiger charge is 2.33. The van der Waals surface area contributed by atoms with Crippen LogP contribution in [0, 0.1) is 11.5 Å². The fraction of sp³-hybridized carbons (Fsp3) is 0.474. The topological polar surface area (TPSA) is 72.2 Å². The number of nitrogens with one attached hydrogen (secondary N) is 1. The zero-order valence-corrected chi connectivity index (χ0v) is 16.3. The Kier molecular flexibility index (Phi) is 6.79. The summed E-state index contributed by atoms with van der Waals surface area (Å²) in [6.07, 6.45) is 0.475. The van der Waals surface area contributed by atoms with E-state index in [0.717, 1.165) is 5.56 Å². The molecule has 1 aromatic carbocycles. The van der Waals surface area contributed by atoms with Crippen LogP contribution in [-0.2, 0) is 16.0 Å². The lowest BCUT2D eigenvalue weighted by atomic mass is 10.1. The second-order valence-electron chi connectivity index (χ2n) is 7.57. The van der Waals surface area contributed by atoms with Crippen molar-refractivity contribution in [2.24, 2.45) is 5.73 Å². The number of benzene rings is 1. The molecule has 1 aromatic rings. The molecular formula is C19H28N2O2Si. The number of primary amides is 1. The Morgan fingerprint density at radius 1 is 1.21 bits per heavy atom. The van der Waals surface area contributed by atoms with Crippen molar-refractivity contribution in [2.45, 2.75) is 57.8 Å². The van der Waals surface area contributed by atoms with Crippen LogP contribution < -0.4 is 11.1 Å². The predicted octanol–water partition coefficient (Wildman–Crippen LogP) is 2.64. The molecular weight excluding hydrogens is 316 g/mol. The summed E-state index contributed by atoms with van der Waals surface area (Å²) in [7, 11) is -1.73. The van der Waals surface area contributed by atoms with Crippen molar-refractivity contribution in [3.05, 3.63) is 35.9 Å². The van der Waals surface area contributed by atoms with Crippen LogP contribution in [0.25, 0.3) is 0 Å². The maximum absolute atomic E-state index is 12.1. The van der Waals surface area contributed by atoms with Crippen molar-refractivity contribution in [3.63, 3.8) is 0 Å². The Balaban J connectivity index is 2.69. The Bertz CT molecular complexity index is 637. The van der Waals surface area contributed by atoms with Gasteiger partial charge in [-0.3, -0.25) is 9.59 Å². The van der Waals surface area contributed by atoms with E-state index < -0.39 is 20.0 Å². The quantitative estimate of drug-likeness (QED) is 0.637. The van der Waals surface area contributed by atoms with Crippen LogP contribution in [0.2, 0.25) is 18.1 Å². The number of nitrogens with two attached hydrogens (primary N) is 1. The van der Waals surface area contributed by atoms with Gasteiger partial charge in [0.05, 0.1) is 6.42 Å². The van der Waals surface area contributed by atoms with Gasteiger partial charge in [0.1, 0.15) is 14.1 Å². The third kappa shape index (κ3) is 6.21. The Morgan fingerprint density at radius 3 is 2.29 bits per heavy atom. The smallest absolute Gasteiger partial charge is 0.240 e. The zero-order valence-electron chi connectivity index (χ0n) is 15.3. The Hall–Kier alpha value is -2.06. The van der Waals surface area contributed by atoms with E-state index in [-0.39, 0.29) is 23.8 Å². The van der Waals surface area contributed by atoms with E-state index in [2.05, 4.69) is 50.6 Å². The molecule has 0 fully saturated rings. The number of rotatable bonds is 5. The highest BCUT2D eigenvalue weighted by Crippen LogP contribution is 2.35. The molecule has 0 bridgehead atoms. The van der Waals surface area contributed by atoms with Crippen LogP contribution in [0.4, 0.5) is 0 Å². The standard InChI is InChI=1S/C19H28N2O2Si/c1-19(2,3)24(4,5)13-9-12-16(18(20)23)21-17(22)14-15-10-7-6-8-11-15/h6-8,10-11,16H,12,14H2,1-5H3,(H2,20,23)(H,21,22)/t16-/m1/s1. The minimum atomic E-state index is -1.73. The lowest BCUT2D eigenvalue weighted by Gasteiger charge is -2.31. The van der Waals surface area contributed by atoms with Gasteiger partial charge in [0.25, 0.3) is 0 Å². The molecule has 0 saturated carbocycles. The molecule has 24 heavy (non-hydrogen) atoms. The molecule has 3 N–H and O–H groups in total. The van der Waals surface area contributed by atoms with Gasteiger partial charge in [-0.2, -0.15) is 0 Å². The summed E-state index contributed by atoms with van der Waals surface area (Å²) in [6.45, 7) is 10.9. The van der Waals surface area contributed by atoms with E-state index in [9.17, 15) is 9.59 Å². The molecule has 0 heterocycles. The molecule has 0 radical (unpaired) electrons. The summed E-state index contributed by atoms with van der Waals surface area (Å²) < 4.78 is 0. The van der Waals surface area contributed by atoms with Crippen molar-refractivity contribution in [1.29, 1.82) is 0 Å². The lowest BCUT2D eigenvalue weighted by Crippen LogP contribution is -2.45. The van der Waals surface area contributed by atoms with Crippen LogP contribution >= 0.6 is 0 Å². The molecule has 0 unspecified atom stereocenters. The van der Waals surface area contributed by atoms with Gasteiger partial charge in [-0.15, -0.1) is 11.5 Å². The van der Waals surface area contributed by atoms with Crippen molar-refractivity contribution >= 4 is 19.9 Å². The van der Waals surface area contributed by atoms with E-state index in [1.807, 2.05) is 30.3 Å². The SMILES string of the molecule is CC(C)(C)[Si](C)(C)C#CC[C@@H](NC(=O)Cc1ccccc1)C(N)=O. The van der Waals surface area contributed by atoms with Gasteiger partial charge in [0, 0.05) is 6.42 Å². The van der Waals surface area contributed by atoms with Crippen molar-refractivity contribution in [3.8, 4) is 11.5 Å². The summed E-state index contributed by atoms with van der Waals surface area (Å²) in [4.78, 5) is 23.7. The first kappa shape index (κ1) is 20.0. The first-order chi connectivity index (χ1) is 11.0. The van der Waals surface area contributed by atoms with Gasteiger partial charge in [0.15, 0.2) is 0 Å². The molecule has 4 nitrogen and oxygen atoms in total. The van der Waals surface area contributed by atoms with Crippen LogP contribution in [0.5, 0.6) is 0 Å². The molecule has 0 aromatic heterocycles. The number of hydrogen-bond donors (Lipinski definition) is 2. The van der Waals surface area contributed by atoms with Gasteiger partial charge >= 0.3 is 0 Å². The molecule has 0 aliphatic heterocycles. The van der Waals surface area contributed by atoms with Crippen LogP contribution in [0.1, 0.15) is 32.8 Å². The molecule has 2 amide bonds. The Morgan fingerprint density at radius 2 is 1.79 bits per heavy atom. The molecule has 0 aliphatic carbocycles. The fourth-order valence-corrected chi connectivity index (χ4v) is 2.73. The molecule has 0 spiro atoms. The zero-order chi connectivity index (χ0) is 18.4. The molecule has 1 atom stereocenters. The molecule has 1 rings (SSSR count). The molecule has 0 saturated heterocycles. The second-order valence-corrected chi connectivity index (χ2v) is 12.6. The normalized spacial score (nSPS) is 12.7. The number of hydrogen-bond acceptors (Lipinski definition) is 2. The highest BCUT2D eigenvalue weighted by molar-refractivity contribution is 6.87. The lowest BCUT2D eigenvalue weighted by molar-refractivity contribution is -0.126. The number of amides is 2. The minimum Gasteiger partial charge on any atom is -0.368 e. The highest BCUT2D eigenvalue weighted by atomic mass is 28.3. The van der Waals surface area contributed by atoms with E-state index in [0.29, 0.717) is 0 Å². The van der Waals surface area contributed by atoms with E-state index in [1.54, 1.807) is 0 Å². The monoisotopic (exact) mass is 344 g/mol. The summed E-state index contributed by atoms with van der Waals surface area (Å²) in [5.74, 6) is 2.30. The third-order valence-electron chi connectivity index (χ3n) is 4.47. The summed E-state index contributed by atoms with van der Waals surface area (Å²) in [5.41, 5.74) is 9.64. The molecule has 5 heteroatoms. The molecule has 0 aliphatic rings. The first-order valence-corrected chi connectivity index (χ1v) is 11.2. The van der Waals surface area contributed by atoms with Crippen molar-refractivity contribution in [2.75, 3.05) is 0 Å². The van der Waals surface area contributed by atoms with E-state index >= 15 is 0 Å². The van der Waals surface area contributed by atoms with Crippen molar-refractivity contribution < 1.29 is 9.59 Å². The maximum Gasteiger partial charge on any atom is 0.240 e. The van der Waals surface area contributed by atoms with Gasteiger partial charge in [-0.1, -0.05) is 64.2 Å². The van der Waals surface area contributed by atoms with Crippen LogP contribution in [0.15, 0.2) is 30.3 Å². The maximum atomic E-state index is 12.1. The average molecular weight is 345 g/mol. The largest absolute Gasteiger partial charge is 0.368 e.